The Morgan fingerprint density at radius 3 is 1.76 bits per heavy atom. The van der Waals surface area contributed by atoms with E-state index in [0.717, 1.165) is 4.90 Å². The fourth-order valence-corrected chi connectivity index (χ4v) is 5.43. The molecule has 0 aromatic heterocycles. The Kier molecular flexibility index (Phi) is 5.55. The lowest BCUT2D eigenvalue weighted by molar-refractivity contribution is 0.0124. The van der Waals surface area contributed by atoms with E-state index in [2.05, 4.69) is 54.5 Å². The molecule has 1 aliphatic rings. The summed E-state index contributed by atoms with van der Waals surface area (Å²) < 4.78 is 5.67. The van der Waals surface area contributed by atoms with E-state index < -0.39 is 5.60 Å². The molecular weight excluding hydrogens is 376 g/mol. The van der Waals surface area contributed by atoms with Gasteiger partial charge in [-0.05, 0) is 48.5 Å². The monoisotopic (exact) mass is 397 g/mol. The predicted molar refractivity (Wildman–Crippen MR) is 117 cm³/mol. The summed E-state index contributed by atoms with van der Waals surface area (Å²) in [5.74, 6) is 2.27. The summed E-state index contributed by atoms with van der Waals surface area (Å²) >= 11 is 0. The maximum absolute atomic E-state index is 12.6. The topological polar surface area (TPSA) is 26.3 Å². The molecule has 1 aliphatic carbocycles. The van der Waals surface area contributed by atoms with Crippen LogP contribution >= 0.6 is 0 Å². The lowest BCUT2D eigenvalue weighted by atomic mass is 10.0. The van der Waals surface area contributed by atoms with Crippen molar-refractivity contribution >= 4 is 16.9 Å². The molecule has 142 valence electrons. The number of ether oxygens (including phenoxy) is 1. The molecule has 0 spiro atoms. The molecule has 2 nitrogen and oxygen atoms in total. The Hall–Kier alpha value is -3.22. The Balaban J connectivity index is 1.61. The van der Waals surface area contributed by atoms with Gasteiger partial charge in [0, 0.05) is 12.8 Å². The maximum atomic E-state index is 12.6. The molecule has 0 aliphatic heterocycles. The molecule has 4 rings (SSSR count). The van der Waals surface area contributed by atoms with Crippen LogP contribution < -0.4 is 0 Å². The van der Waals surface area contributed by atoms with E-state index in [-0.39, 0.29) is 16.9 Å². The third-order valence-electron chi connectivity index (χ3n) is 4.90. The van der Waals surface area contributed by atoms with Crippen LogP contribution in [0.1, 0.15) is 23.2 Å². The molecule has 0 saturated heterocycles. The van der Waals surface area contributed by atoms with E-state index in [0.29, 0.717) is 18.4 Å². The first-order chi connectivity index (χ1) is 14.2. The van der Waals surface area contributed by atoms with Gasteiger partial charge in [-0.15, -0.1) is 6.42 Å². The normalized spacial score (nSPS) is 14.5. The van der Waals surface area contributed by atoms with E-state index in [1.54, 1.807) is 0 Å². The quantitative estimate of drug-likeness (QED) is 0.240. The third-order valence-corrected chi connectivity index (χ3v) is 7.13. The van der Waals surface area contributed by atoms with Crippen LogP contribution in [0.15, 0.2) is 112 Å². The molecule has 29 heavy (non-hydrogen) atoms. The molecular formula is C26H21O2S+. The summed E-state index contributed by atoms with van der Waals surface area (Å²) in [7, 11) is -0.244. The van der Waals surface area contributed by atoms with E-state index in [1.165, 1.54) is 9.79 Å². The van der Waals surface area contributed by atoms with Gasteiger partial charge in [-0.25, -0.2) is 4.79 Å². The fourth-order valence-electron chi connectivity index (χ4n) is 3.35. The SMILES string of the molecule is C#CC1(OC(=O)c2ccc([S+](c3ccccc3)c3ccccc3)cc2)CC=CC1. The number of benzene rings is 3. The van der Waals surface area contributed by atoms with Gasteiger partial charge in [0.1, 0.15) is 0 Å². The van der Waals surface area contributed by atoms with Crippen molar-refractivity contribution < 1.29 is 9.53 Å². The number of rotatable bonds is 5. The minimum atomic E-state index is -0.839. The van der Waals surface area contributed by atoms with E-state index in [4.69, 9.17) is 11.2 Å². The lowest BCUT2D eigenvalue weighted by Gasteiger charge is -2.22. The average molecular weight is 398 g/mol. The number of hydrogen-bond acceptors (Lipinski definition) is 2. The number of carbonyl (C=O) groups is 1. The van der Waals surface area contributed by atoms with E-state index in [9.17, 15) is 4.79 Å². The molecule has 0 bridgehead atoms. The second kappa shape index (κ2) is 8.43. The highest BCUT2D eigenvalue weighted by Gasteiger charge is 2.34. The Morgan fingerprint density at radius 1 is 0.793 bits per heavy atom. The van der Waals surface area contributed by atoms with Gasteiger partial charge >= 0.3 is 5.97 Å². The summed E-state index contributed by atoms with van der Waals surface area (Å²) in [6, 6.07) is 28.5. The minimum absolute atomic E-state index is 0.244. The van der Waals surface area contributed by atoms with Gasteiger partial charge in [-0.2, -0.15) is 0 Å². The zero-order chi connectivity index (χ0) is 20.1. The molecule has 3 aromatic carbocycles. The predicted octanol–water partition coefficient (Wildman–Crippen LogP) is 5.66. The number of terminal acetylenes is 1. The first-order valence-corrected chi connectivity index (χ1v) is 10.7. The van der Waals surface area contributed by atoms with Crippen molar-refractivity contribution in [2.75, 3.05) is 0 Å². The van der Waals surface area contributed by atoms with Gasteiger partial charge < -0.3 is 4.74 Å². The average Bonchev–Trinajstić information content (AvgIpc) is 3.25. The number of esters is 1. The van der Waals surface area contributed by atoms with Crippen molar-refractivity contribution in [1.29, 1.82) is 0 Å². The van der Waals surface area contributed by atoms with Gasteiger partial charge in [-0.1, -0.05) is 54.5 Å². The second-order valence-corrected chi connectivity index (χ2v) is 8.89. The van der Waals surface area contributed by atoms with Crippen molar-refractivity contribution in [1.82, 2.24) is 0 Å². The van der Waals surface area contributed by atoms with Crippen LogP contribution in [0.5, 0.6) is 0 Å². The summed E-state index contributed by atoms with van der Waals surface area (Å²) in [4.78, 5) is 16.3. The van der Waals surface area contributed by atoms with E-state index >= 15 is 0 Å². The summed E-state index contributed by atoms with van der Waals surface area (Å²) in [6.45, 7) is 0. The smallest absolute Gasteiger partial charge is 0.339 e. The van der Waals surface area contributed by atoms with Crippen molar-refractivity contribution in [2.45, 2.75) is 33.1 Å². The van der Waals surface area contributed by atoms with Crippen LogP contribution in [0.2, 0.25) is 0 Å². The van der Waals surface area contributed by atoms with Gasteiger partial charge in [0.15, 0.2) is 20.3 Å². The highest BCUT2D eigenvalue weighted by atomic mass is 32.2. The van der Waals surface area contributed by atoms with Crippen molar-refractivity contribution in [3.05, 3.63) is 103 Å². The molecule has 0 fully saturated rings. The van der Waals surface area contributed by atoms with Gasteiger partial charge in [-0.3, -0.25) is 0 Å². The van der Waals surface area contributed by atoms with Crippen molar-refractivity contribution in [2.24, 2.45) is 0 Å². The number of carbonyl (C=O) groups excluding carboxylic acids is 1. The highest BCUT2D eigenvalue weighted by molar-refractivity contribution is 7.97. The standard InChI is InChI=1S/C26H21O2S/c1-2-26(19-9-10-20-26)28-25(27)21-15-17-24(18-16-21)29(22-11-5-3-6-12-22)23-13-7-4-8-14-23/h1,3-18H,19-20H2/q+1. The molecule has 0 atom stereocenters. The molecule has 0 N–H and O–H groups in total. The second-order valence-electron chi connectivity index (χ2n) is 6.86. The van der Waals surface area contributed by atoms with Crippen LogP contribution in [0.3, 0.4) is 0 Å². The highest BCUT2D eigenvalue weighted by Crippen LogP contribution is 2.32. The van der Waals surface area contributed by atoms with Crippen molar-refractivity contribution in [3.8, 4) is 12.3 Å². The molecule has 0 saturated carbocycles. The van der Waals surface area contributed by atoms with Crippen LogP contribution in [-0.4, -0.2) is 11.6 Å². The van der Waals surface area contributed by atoms with Gasteiger partial charge in [0.05, 0.1) is 16.5 Å². The van der Waals surface area contributed by atoms with Crippen LogP contribution in [0, 0.1) is 12.3 Å². The van der Waals surface area contributed by atoms with Crippen LogP contribution in [-0.2, 0) is 15.6 Å². The Bertz CT molecular complexity index is 1000. The summed E-state index contributed by atoms with van der Waals surface area (Å²) in [5.41, 5.74) is -0.325. The molecule has 3 heteroatoms. The van der Waals surface area contributed by atoms with Crippen LogP contribution in [0.4, 0.5) is 0 Å². The fraction of sp³-hybridized carbons (Fsp3) is 0.115. The van der Waals surface area contributed by atoms with E-state index in [1.807, 2.05) is 48.6 Å². The Labute approximate surface area is 174 Å². The minimum Gasteiger partial charge on any atom is -0.442 e. The maximum Gasteiger partial charge on any atom is 0.339 e. The zero-order valence-corrected chi connectivity index (χ0v) is 16.8. The molecule has 3 aromatic rings. The summed E-state index contributed by atoms with van der Waals surface area (Å²) in [6.07, 6.45) is 10.7. The first kappa shape index (κ1) is 19.1. The molecule has 0 unspecified atom stereocenters. The lowest BCUT2D eigenvalue weighted by Crippen LogP contribution is -2.30. The molecule has 0 amide bonds. The third kappa shape index (κ3) is 4.13. The van der Waals surface area contributed by atoms with Crippen LogP contribution in [0.25, 0.3) is 0 Å². The number of hydrogen-bond donors (Lipinski definition) is 0. The molecule has 0 heterocycles. The Morgan fingerprint density at radius 2 is 1.28 bits per heavy atom. The molecule has 0 radical (unpaired) electrons. The van der Waals surface area contributed by atoms with Gasteiger partial charge in [0.2, 0.25) is 0 Å². The first-order valence-electron chi connectivity index (χ1n) is 9.51. The summed E-state index contributed by atoms with van der Waals surface area (Å²) in [5, 5.41) is 0. The zero-order valence-electron chi connectivity index (χ0n) is 16.0. The van der Waals surface area contributed by atoms with Crippen molar-refractivity contribution in [3.63, 3.8) is 0 Å². The largest absolute Gasteiger partial charge is 0.442 e. The van der Waals surface area contributed by atoms with Gasteiger partial charge in [0.25, 0.3) is 0 Å².